The molecule has 0 fully saturated rings. The van der Waals surface area contributed by atoms with Crippen molar-refractivity contribution in [2.75, 3.05) is 0 Å². The van der Waals surface area contributed by atoms with E-state index in [0.29, 0.717) is 0 Å². The maximum Gasteiger partial charge on any atom is 0.339 e. The van der Waals surface area contributed by atoms with Gasteiger partial charge in [0.1, 0.15) is 17.1 Å². The zero-order valence-electron chi connectivity index (χ0n) is 8.24. The predicted molar refractivity (Wildman–Crippen MR) is 51.6 cm³/mol. The highest BCUT2D eigenvalue weighted by atomic mass is 16.4. The van der Waals surface area contributed by atoms with Crippen LogP contribution in [0.3, 0.4) is 0 Å². The molecule has 1 aromatic rings. The fourth-order valence-electron chi connectivity index (χ4n) is 1.36. The van der Waals surface area contributed by atoms with Crippen molar-refractivity contribution < 1.29 is 24.9 Å². The topological polar surface area (TPSA) is 94.8 Å². The Balaban J connectivity index is 3.75. The predicted octanol–water partition coefficient (Wildman–Crippen LogP) is 1.23. The molecule has 0 heterocycles. The monoisotopic (exact) mass is 210 g/mol. The van der Waals surface area contributed by atoms with Crippen LogP contribution in [0.4, 0.5) is 0 Å². The number of hydrogen-bond acceptors (Lipinski definition) is 4. The van der Waals surface area contributed by atoms with E-state index in [1.54, 1.807) is 0 Å². The number of phenolic OH excluding ortho intramolecular Hbond substituents is 1. The van der Waals surface area contributed by atoms with E-state index in [-0.39, 0.29) is 28.7 Å². The first-order valence-electron chi connectivity index (χ1n) is 4.15. The van der Waals surface area contributed by atoms with Gasteiger partial charge in [-0.05, 0) is 25.0 Å². The minimum absolute atomic E-state index is 0.226. The fraction of sp³-hybridized carbons (Fsp3) is 0.200. The van der Waals surface area contributed by atoms with E-state index in [9.17, 15) is 19.8 Å². The number of aromatic hydroxyl groups is 2. The molecule has 0 saturated carbocycles. The highest BCUT2D eigenvalue weighted by Gasteiger charge is 2.22. The van der Waals surface area contributed by atoms with Gasteiger partial charge in [-0.1, -0.05) is 0 Å². The summed E-state index contributed by atoms with van der Waals surface area (Å²) in [6, 6.07) is 0. The Bertz CT molecular complexity index is 448. The van der Waals surface area contributed by atoms with Gasteiger partial charge in [-0.25, -0.2) is 4.79 Å². The van der Waals surface area contributed by atoms with Crippen molar-refractivity contribution in [2.45, 2.75) is 13.8 Å². The van der Waals surface area contributed by atoms with E-state index in [1.165, 1.54) is 13.8 Å². The van der Waals surface area contributed by atoms with Crippen molar-refractivity contribution in [1.29, 1.82) is 0 Å². The lowest BCUT2D eigenvalue weighted by molar-refractivity contribution is 0.0692. The second-order valence-corrected chi connectivity index (χ2v) is 3.16. The van der Waals surface area contributed by atoms with Crippen LogP contribution >= 0.6 is 0 Å². The molecule has 0 aliphatic rings. The van der Waals surface area contributed by atoms with Gasteiger partial charge in [-0.3, -0.25) is 4.79 Å². The number of aromatic carboxylic acids is 1. The molecule has 1 rings (SSSR count). The number of carboxylic acids is 1. The third-order valence-corrected chi connectivity index (χ3v) is 2.37. The summed E-state index contributed by atoms with van der Waals surface area (Å²) in [4.78, 5) is 21.4. The van der Waals surface area contributed by atoms with Crippen molar-refractivity contribution in [3.8, 4) is 11.5 Å². The smallest absolute Gasteiger partial charge is 0.339 e. The molecule has 0 aliphatic heterocycles. The summed E-state index contributed by atoms with van der Waals surface area (Å²) in [6.07, 6.45) is 0.226. The van der Waals surface area contributed by atoms with Crippen molar-refractivity contribution in [3.63, 3.8) is 0 Å². The molecule has 0 radical (unpaired) electrons. The normalized spacial score (nSPS) is 10.0. The molecule has 0 unspecified atom stereocenters. The average molecular weight is 210 g/mol. The maximum atomic E-state index is 10.8. The zero-order valence-corrected chi connectivity index (χ0v) is 8.24. The van der Waals surface area contributed by atoms with Crippen LogP contribution in [0, 0.1) is 13.8 Å². The largest absolute Gasteiger partial charge is 0.507 e. The Morgan fingerprint density at radius 2 is 1.67 bits per heavy atom. The van der Waals surface area contributed by atoms with E-state index in [1.807, 2.05) is 0 Å². The Hall–Kier alpha value is -2.04. The molecule has 15 heavy (non-hydrogen) atoms. The Morgan fingerprint density at radius 1 is 1.13 bits per heavy atom. The Labute approximate surface area is 85.6 Å². The highest BCUT2D eigenvalue weighted by molar-refractivity contribution is 5.98. The molecule has 0 aromatic heterocycles. The number of carboxylic acid groups (broad SMARTS) is 1. The molecule has 3 N–H and O–H groups in total. The van der Waals surface area contributed by atoms with Gasteiger partial charge < -0.3 is 15.3 Å². The van der Waals surface area contributed by atoms with Crippen LogP contribution in [-0.2, 0) is 0 Å². The fourth-order valence-corrected chi connectivity index (χ4v) is 1.36. The summed E-state index contributed by atoms with van der Waals surface area (Å²) < 4.78 is 0. The minimum atomic E-state index is -1.34. The maximum absolute atomic E-state index is 10.8. The molecule has 0 spiro atoms. The summed E-state index contributed by atoms with van der Waals surface area (Å²) in [5.74, 6) is -2.42. The summed E-state index contributed by atoms with van der Waals surface area (Å²) in [6.45, 7) is 2.93. The average Bonchev–Trinajstić information content (AvgIpc) is 2.15. The van der Waals surface area contributed by atoms with Gasteiger partial charge in [0.15, 0.2) is 6.29 Å². The number of rotatable bonds is 2. The van der Waals surface area contributed by atoms with Crippen LogP contribution in [0.15, 0.2) is 0 Å². The second-order valence-electron chi connectivity index (χ2n) is 3.16. The number of hydrogen-bond donors (Lipinski definition) is 3. The third kappa shape index (κ3) is 1.52. The van der Waals surface area contributed by atoms with Gasteiger partial charge >= 0.3 is 5.97 Å². The van der Waals surface area contributed by atoms with Gasteiger partial charge in [0.05, 0.1) is 5.56 Å². The number of carbonyl (C=O) groups excluding carboxylic acids is 1. The summed E-state index contributed by atoms with van der Waals surface area (Å²) in [5, 5.41) is 27.8. The minimum Gasteiger partial charge on any atom is -0.507 e. The Morgan fingerprint density at radius 3 is 2.07 bits per heavy atom. The van der Waals surface area contributed by atoms with Crippen molar-refractivity contribution >= 4 is 12.3 Å². The SMILES string of the molecule is Cc1c(C)c(C(=O)O)c(O)c(C=O)c1O. The van der Waals surface area contributed by atoms with E-state index in [0.717, 1.165) is 0 Å². The quantitative estimate of drug-likeness (QED) is 0.638. The first kappa shape index (κ1) is 11.0. The van der Waals surface area contributed by atoms with Gasteiger partial charge in [0.25, 0.3) is 0 Å². The molecule has 0 saturated heterocycles. The van der Waals surface area contributed by atoms with Gasteiger partial charge in [-0.15, -0.1) is 0 Å². The first-order valence-corrected chi connectivity index (χ1v) is 4.15. The first-order chi connectivity index (χ1) is 6.91. The third-order valence-electron chi connectivity index (χ3n) is 2.37. The van der Waals surface area contributed by atoms with E-state index in [4.69, 9.17) is 5.11 Å². The van der Waals surface area contributed by atoms with Crippen LogP contribution in [0.2, 0.25) is 0 Å². The zero-order chi connectivity index (χ0) is 11.7. The number of carbonyl (C=O) groups is 2. The number of benzene rings is 1. The summed E-state index contributed by atoms with van der Waals surface area (Å²) in [7, 11) is 0. The van der Waals surface area contributed by atoms with Gasteiger partial charge in [-0.2, -0.15) is 0 Å². The molecule has 1 aromatic carbocycles. The molecular formula is C10H10O5. The molecule has 5 heteroatoms. The molecule has 0 bridgehead atoms. The van der Waals surface area contributed by atoms with Crippen LogP contribution in [0.25, 0.3) is 0 Å². The van der Waals surface area contributed by atoms with Crippen LogP contribution in [0.1, 0.15) is 31.8 Å². The van der Waals surface area contributed by atoms with Crippen molar-refractivity contribution in [3.05, 3.63) is 22.3 Å². The molecule has 80 valence electrons. The van der Waals surface area contributed by atoms with Crippen LogP contribution in [-0.4, -0.2) is 27.6 Å². The molecule has 0 atom stereocenters. The van der Waals surface area contributed by atoms with Crippen LogP contribution in [0.5, 0.6) is 11.5 Å². The molecule has 0 aliphatic carbocycles. The van der Waals surface area contributed by atoms with Crippen LogP contribution < -0.4 is 0 Å². The molecule has 5 nitrogen and oxygen atoms in total. The van der Waals surface area contributed by atoms with E-state index >= 15 is 0 Å². The van der Waals surface area contributed by atoms with Crippen molar-refractivity contribution in [2.24, 2.45) is 0 Å². The lowest BCUT2D eigenvalue weighted by atomic mass is 9.97. The molecule has 0 amide bonds. The second kappa shape index (κ2) is 3.61. The number of aldehydes is 1. The lowest BCUT2D eigenvalue weighted by Crippen LogP contribution is -2.04. The van der Waals surface area contributed by atoms with Crippen molar-refractivity contribution in [1.82, 2.24) is 0 Å². The highest BCUT2D eigenvalue weighted by Crippen LogP contribution is 2.35. The summed E-state index contributed by atoms with van der Waals surface area (Å²) in [5.41, 5.74) is -0.238. The van der Waals surface area contributed by atoms with E-state index in [2.05, 4.69) is 0 Å². The van der Waals surface area contributed by atoms with Gasteiger partial charge in [0.2, 0.25) is 0 Å². The lowest BCUT2D eigenvalue weighted by Gasteiger charge is -2.11. The van der Waals surface area contributed by atoms with Gasteiger partial charge in [0, 0.05) is 0 Å². The standard InChI is InChI=1S/C10H10O5/c1-4-5(2)8(12)6(3-11)9(13)7(4)10(14)15/h3,12-13H,1-2H3,(H,14,15). The molecular weight excluding hydrogens is 200 g/mol. The van der Waals surface area contributed by atoms with E-state index < -0.39 is 17.3 Å². The summed E-state index contributed by atoms with van der Waals surface area (Å²) >= 11 is 0. The number of phenols is 2. The Kier molecular flexibility index (Phi) is 2.65.